The Bertz CT molecular complexity index is 841. The van der Waals surface area contributed by atoms with Crippen molar-refractivity contribution in [3.8, 4) is 0 Å². The third-order valence-electron chi connectivity index (χ3n) is 4.59. The highest BCUT2D eigenvalue weighted by Gasteiger charge is 2.32. The Morgan fingerprint density at radius 2 is 2.22 bits per heavy atom. The van der Waals surface area contributed by atoms with E-state index >= 15 is 0 Å². The fraction of sp³-hybridized carbons (Fsp3) is 0.500. The minimum absolute atomic E-state index is 0.0385. The highest BCUT2D eigenvalue weighted by molar-refractivity contribution is 7.91. The van der Waals surface area contributed by atoms with E-state index in [2.05, 4.69) is 5.10 Å². The van der Waals surface area contributed by atoms with Gasteiger partial charge in [0.2, 0.25) is 5.91 Å². The molecule has 1 aliphatic rings. The highest BCUT2D eigenvalue weighted by Crippen LogP contribution is 2.19. The van der Waals surface area contributed by atoms with Gasteiger partial charge in [-0.2, -0.15) is 5.10 Å². The summed E-state index contributed by atoms with van der Waals surface area (Å²) in [6, 6.07) is 5.82. The van der Waals surface area contributed by atoms with E-state index in [4.69, 9.17) is 0 Å². The fourth-order valence-electron chi connectivity index (χ4n) is 3.09. The van der Waals surface area contributed by atoms with Crippen LogP contribution in [0.5, 0.6) is 0 Å². The van der Waals surface area contributed by atoms with E-state index in [-0.39, 0.29) is 23.5 Å². The zero-order valence-electron chi connectivity index (χ0n) is 13.4. The van der Waals surface area contributed by atoms with Crippen molar-refractivity contribution in [1.82, 2.24) is 14.7 Å². The summed E-state index contributed by atoms with van der Waals surface area (Å²) >= 11 is 0. The van der Waals surface area contributed by atoms with Crippen LogP contribution in [0.2, 0.25) is 0 Å². The smallest absolute Gasteiger partial charge is 0.224 e. The first-order valence-electron chi connectivity index (χ1n) is 7.74. The molecule has 1 aromatic carbocycles. The maximum Gasteiger partial charge on any atom is 0.224 e. The van der Waals surface area contributed by atoms with Crippen LogP contribution in [0.1, 0.15) is 18.4 Å². The first-order chi connectivity index (χ1) is 10.9. The number of fused-ring (bicyclic) bond motifs is 1. The van der Waals surface area contributed by atoms with Crippen LogP contribution >= 0.6 is 0 Å². The predicted octanol–water partition coefficient (Wildman–Crippen LogP) is 1.38. The highest BCUT2D eigenvalue weighted by atomic mass is 32.2. The van der Waals surface area contributed by atoms with Gasteiger partial charge in [0, 0.05) is 24.9 Å². The van der Waals surface area contributed by atoms with Crippen molar-refractivity contribution in [2.24, 2.45) is 0 Å². The van der Waals surface area contributed by atoms with E-state index in [0.717, 1.165) is 16.5 Å². The van der Waals surface area contributed by atoms with Gasteiger partial charge in [-0.3, -0.25) is 9.48 Å². The molecule has 1 saturated heterocycles. The molecule has 6 nitrogen and oxygen atoms in total. The van der Waals surface area contributed by atoms with Gasteiger partial charge in [-0.1, -0.05) is 12.1 Å². The van der Waals surface area contributed by atoms with Crippen LogP contribution < -0.4 is 0 Å². The molecule has 1 unspecified atom stereocenters. The number of benzene rings is 1. The fourth-order valence-corrected chi connectivity index (χ4v) is 4.86. The number of sulfone groups is 1. The summed E-state index contributed by atoms with van der Waals surface area (Å²) in [7, 11) is -1.28. The lowest BCUT2D eigenvalue weighted by Crippen LogP contribution is -2.38. The standard InChI is InChI=1S/C16H21N3O3S/c1-12-4-3-5-15-14(12)10-17-19(15)8-6-16(20)18(2)13-7-9-23(21,22)11-13/h3-5,10,13H,6-9,11H2,1-2H3. The van der Waals surface area contributed by atoms with Crippen molar-refractivity contribution < 1.29 is 13.2 Å². The Labute approximate surface area is 136 Å². The van der Waals surface area contributed by atoms with Crippen LogP contribution in [0.4, 0.5) is 0 Å². The van der Waals surface area contributed by atoms with Gasteiger partial charge >= 0.3 is 0 Å². The van der Waals surface area contributed by atoms with Gasteiger partial charge in [0.05, 0.1) is 29.8 Å². The molecule has 0 aliphatic carbocycles. The van der Waals surface area contributed by atoms with Gasteiger partial charge in [-0.15, -0.1) is 0 Å². The van der Waals surface area contributed by atoms with Crippen molar-refractivity contribution in [3.05, 3.63) is 30.0 Å². The lowest BCUT2D eigenvalue weighted by Gasteiger charge is -2.23. The molecule has 1 amide bonds. The molecule has 0 bridgehead atoms. The average molecular weight is 335 g/mol. The summed E-state index contributed by atoms with van der Waals surface area (Å²) in [5, 5.41) is 5.45. The van der Waals surface area contributed by atoms with E-state index in [9.17, 15) is 13.2 Å². The first-order valence-corrected chi connectivity index (χ1v) is 9.57. The number of carbonyl (C=O) groups excluding carboxylic acids is 1. The van der Waals surface area contributed by atoms with Gasteiger partial charge in [0.1, 0.15) is 0 Å². The van der Waals surface area contributed by atoms with Crippen LogP contribution in [0.15, 0.2) is 24.4 Å². The number of nitrogens with zero attached hydrogens (tertiary/aromatic N) is 3. The number of amides is 1. The Balaban J connectivity index is 1.65. The maximum atomic E-state index is 12.3. The molecule has 3 rings (SSSR count). The molecular formula is C16H21N3O3S. The topological polar surface area (TPSA) is 72.3 Å². The lowest BCUT2D eigenvalue weighted by molar-refractivity contribution is -0.131. The normalized spacial score (nSPS) is 20.0. The summed E-state index contributed by atoms with van der Waals surface area (Å²) in [6.07, 6.45) is 2.68. The van der Waals surface area contributed by atoms with E-state index in [1.165, 1.54) is 0 Å². The predicted molar refractivity (Wildman–Crippen MR) is 88.9 cm³/mol. The van der Waals surface area contributed by atoms with Gasteiger partial charge in [-0.05, 0) is 25.0 Å². The van der Waals surface area contributed by atoms with Crippen LogP contribution in [0.25, 0.3) is 10.9 Å². The Hall–Kier alpha value is -1.89. The number of rotatable bonds is 4. The SMILES string of the molecule is Cc1cccc2c1cnn2CCC(=O)N(C)C1CCS(=O)(=O)C1. The van der Waals surface area contributed by atoms with Gasteiger partial charge < -0.3 is 4.90 Å². The summed E-state index contributed by atoms with van der Waals surface area (Å²) in [4.78, 5) is 13.9. The number of hydrogen-bond acceptors (Lipinski definition) is 4. The summed E-state index contributed by atoms with van der Waals surface area (Å²) in [5.74, 6) is 0.223. The molecular weight excluding hydrogens is 314 g/mol. The molecule has 1 atom stereocenters. The maximum absolute atomic E-state index is 12.3. The van der Waals surface area contributed by atoms with E-state index in [0.29, 0.717) is 19.4 Å². The molecule has 2 aromatic rings. The number of aryl methyl sites for hydroxylation is 2. The van der Waals surface area contributed by atoms with Crippen molar-refractivity contribution in [2.75, 3.05) is 18.6 Å². The molecule has 0 saturated carbocycles. The molecule has 0 spiro atoms. The second-order valence-corrected chi connectivity index (χ2v) is 8.42. The first kappa shape index (κ1) is 16.0. The summed E-state index contributed by atoms with van der Waals surface area (Å²) < 4.78 is 24.9. The molecule has 2 heterocycles. The second kappa shape index (κ2) is 5.96. The molecule has 1 aromatic heterocycles. The van der Waals surface area contributed by atoms with Crippen molar-refractivity contribution in [3.63, 3.8) is 0 Å². The van der Waals surface area contributed by atoms with Gasteiger partial charge in [-0.25, -0.2) is 8.42 Å². The van der Waals surface area contributed by atoms with Gasteiger partial charge in [0.15, 0.2) is 9.84 Å². The summed E-state index contributed by atoms with van der Waals surface area (Å²) in [5.41, 5.74) is 2.18. The molecule has 124 valence electrons. The minimum Gasteiger partial charge on any atom is -0.342 e. The zero-order chi connectivity index (χ0) is 16.6. The summed E-state index contributed by atoms with van der Waals surface area (Å²) in [6.45, 7) is 2.53. The largest absolute Gasteiger partial charge is 0.342 e. The molecule has 7 heteroatoms. The third kappa shape index (κ3) is 3.24. The number of hydrogen-bond donors (Lipinski definition) is 0. The lowest BCUT2D eigenvalue weighted by atomic mass is 10.1. The second-order valence-electron chi connectivity index (χ2n) is 6.19. The quantitative estimate of drug-likeness (QED) is 0.846. The Morgan fingerprint density at radius 1 is 1.43 bits per heavy atom. The zero-order valence-corrected chi connectivity index (χ0v) is 14.2. The molecule has 1 fully saturated rings. The van der Waals surface area contributed by atoms with Crippen molar-refractivity contribution in [1.29, 1.82) is 0 Å². The molecule has 0 N–H and O–H groups in total. The van der Waals surface area contributed by atoms with Crippen LogP contribution in [-0.2, 0) is 21.2 Å². The molecule has 1 aliphatic heterocycles. The van der Waals surface area contributed by atoms with Crippen molar-refractivity contribution in [2.45, 2.75) is 32.4 Å². The average Bonchev–Trinajstić information content (AvgIpc) is 3.08. The Kier molecular flexibility index (Phi) is 4.14. The van der Waals surface area contributed by atoms with Gasteiger partial charge in [0.25, 0.3) is 0 Å². The number of aromatic nitrogens is 2. The molecule has 23 heavy (non-hydrogen) atoms. The third-order valence-corrected chi connectivity index (χ3v) is 6.34. The van der Waals surface area contributed by atoms with Crippen molar-refractivity contribution >= 4 is 26.6 Å². The Morgan fingerprint density at radius 3 is 2.91 bits per heavy atom. The van der Waals surface area contributed by atoms with E-state index in [1.807, 2.05) is 36.0 Å². The van der Waals surface area contributed by atoms with Crippen LogP contribution in [-0.4, -0.2) is 53.6 Å². The number of carbonyl (C=O) groups is 1. The van der Waals surface area contributed by atoms with Crippen LogP contribution in [0, 0.1) is 6.92 Å². The van der Waals surface area contributed by atoms with E-state index < -0.39 is 9.84 Å². The minimum atomic E-state index is -2.98. The van der Waals surface area contributed by atoms with E-state index in [1.54, 1.807) is 11.9 Å². The molecule has 0 radical (unpaired) electrons. The van der Waals surface area contributed by atoms with Crippen LogP contribution in [0.3, 0.4) is 0 Å². The monoisotopic (exact) mass is 335 g/mol.